The van der Waals surface area contributed by atoms with E-state index in [0.29, 0.717) is 15.9 Å². The molecule has 234 valence electrons. The smallest absolute Gasteiger partial charge is 0.150 e. The van der Waals surface area contributed by atoms with Crippen LogP contribution >= 0.6 is 23.2 Å². The summed E-state index contributed by atoms with van der Waals surface area (Å²) in [6.07, 6.45) is 0.734. The molecule has 0 saturated carbocycles. The first-order valence-corrected chi connectivity index (χ1v) is 18.8. The van der Waals surface area contributed by atoms with Crippen LogP contribution in [0.5, 0.6) is 0 Å². The van der Waals surface area contributed by atoms with Gasteiger partial charge in [-0.3, -0.25) is 5.43 Å². The fourth-order valence-corrected chi connectivity index (χ4v) is 13.0. The van der Waals surface area contributed by atoms with Crippen LogP contribution in [0.25, 0.3) is 33.1 Å². The molecule has 7 aromatic rings. The van der Waals surface area contributed by atoms with Gasteiger partial charge in [0.2, 0.25) is 0 Å². The molecule has 0 spiro atoms. The molecule has 47 heavy (non-hydrogen) atoms. The number of pyridine rings is 1. The Morgan fingerprint density at radius 3 is 2.04 bits per heavy atom. The van der Waals surface area contributed by atoms with Crippen LogP contribution in [-0.2, 0) is 6.42 Å². The highest BCUT2D eigenvalue weighted by Crippen LogP contribution is 2.44. The highest BCUT2D eigenvalue weighted by Gasteiger charge is 2.47. The summed E-state index contributed by atoms with van der Waals surface area (Å²) in [6, 6.07) is 44.9. The summed E-state index contributed by atoms with van der Waals surface area (Å²) in [5, 5.41) is 13.9. The van der Waals surface area contributed by atoms with Crippen LogP contribution < -0.4 is 15.8 Å². The maximum atomic E-state index is 7.01. The van der Waals surface area contributed by atoms with Crippen LogP contribution in [0.2, 0.25) is 21.1 Å². The van der Waals surface area contributed by atoms with Gasteiger partial charge in [-0.2, -0.15) is 4.79 Å². The van der Waals surface area contributed by atoms with Gasteiger partial charge in [-0.05, 0) is 64.7 Å². The number of hydrogen-bond donors (Lipinski definition) is 1. The van der Waals surface area contributed by atoms with Crippen molar-refractivity contribution in [2.75, 3.05) is 5.43 Å². The number of para-hydroxylation sites is 1. The zero-order valence-electron chi connectivity index (χ0n) is 26.6. The van der Waals surface area contributed by atoms with Crippen molar-refractivity contribution in [3.8, 4) is 11.1 Å². The SMILES string of the molecule is CC(C)(C)[Si](CCc1c(Nn2nnc3ccccc32)nc2ccc(Cl)cc2c1-c1ccccc1Cl)(c1ccccc1)c1ccccc1. The molecule has 0 fully saturated rings. The van der Waals surface area contributed by atoms with Crippen molar-refractivity contribution < 1.29 is 0 Å². The van der Waals surface area contributed by atoms with Crippen LogP contribution in [0.15, 0.2) is 127 Å². The van der Waals surface area contributed by atoms with Crippen LogP contribution in [0.4, 0.5) is 5.82 Å². The summed E-state index contributed by atoms with van der Waals surface area (Å²) < 4.78 is 0. The molecule has 0 saturated heterocycles. The first-order chi connectivity index (χ1) is 22.8. The minimum absolute atomic E-state index is 0.0104. The Labute approximate surface area is 286 Å². The first kappa shape index (κ1) is 31.1. The predicted molar refractivity (Wildman–Crippen MR) is 200 cm³/mol. The van der Waals surface area contributed by atoms with E-state index in [1.807, 2.05) is 60.7 Å². The zero-order chi connectivity index (χ0) is 32.6. The topological polar surface area (TPSA) is 55.6 Å². The van der Waals surface area contributed by atoms with Gasteiger partial charge in [-0.25, -0.2) is 4.98 Å². The lowest BCUT2D eigenvalue weighted by molar-refractivity contribution is 0.722. The van der Waals surface area contributed by atoms with E-state index < -0.39 is 8.07 Å². The van der Waals surface area contributed by atoms with Gasteiger partial charge in [-0.1, -0.05) is 145 Å². The second-order valence-electron chi connectivity index (χ2n) is 12.9. The Kier molecular flexibility index (Phi) is 8.35. The molecule has 0 amide bonds. The minimum Gasteiger partial charge on any atom is -0.259 e. The Bertz CT molecular complexity index is 2150. The van der Waals surface area contributed by atoms with Gasteiger partial charge in [0.1, 0.15) is 19.1 Å². The fraction of sp³-hybridized carbons (Fsp3) is 0.154. The Balaban J connectivity index is 1.50. The summed E-state index contributed by atoms with van der Waals surface area (Å²) in [5.41, 5.74) is 9.05. The van der Waals surface area contributed by atoms with Gasteiger partial charge in [0.15, 0.2) is 5.82 Å². The van der Waals surface area contributed by atoms with E-state index in [1.54, 1.807) is 4.79 Å². The molecule has 5 aromatic carbocycles. The largest absolute Gasteiger partial charge is 0.259 e. The number of nitrogens with one attached hydrogen (secondary N) is 1. The number of anilines is 1. The van der Waals surface area contributed by atoms with E-state index in [9.17, 15) is 0 Å². The van der Waals surface area contributed by atoms with Crippen LogP contribution in [-0.4, -0.2) is 28.2 Å². The highest BCUT2D eigenvalue weighted by molar-refractivity contribution is 7.04. The molecule has 0 aliphatic rings. The molecule has 2 heterocycles. The summed E-state index contributed by atoms with van der Waals surface area (Å²) in [4.78, 5) is 6.95. The van der Waals surface area contributed by atoms with Gasteiger partial charge in [-0.15, -0.1) is 5.10 Å². The number of rotatable bonds is 8. The highest BCUT2D eigenvalue weighted by atomic mass is 35.5. The quantitative estimate of drug-likeness (QED) is 0.164. The van der Waals surface area contributed by atoms with Gasteiger partial charge in [0, 0.05) is 26.6 Å². The average Bonchev–Trinajstić information content (AvgIpc) is 3.48. The van der Waals surface area contributed by atoms with Gasteiger partial charge in [0.25, 0.3) is 0 Å². The van der Waals surface area contributed by atoms with Crippen molar-refractivity contribution in [2.24, 2.45) is 0 Å². The number of aromatic nitrogens is 4. The lowest BCUT2D eigenvalue weighted by Gasteiger charge is -2.44. The fourth-order valence-electron chi connectivity index (χ4n) is 7.09. The second-order valence-corrected chi connectivity index (χ2v) is 18.8. The Morgan fingerprint density at radius 2 is 1.36 bits per heavy atom. The third-order valence-electron chi connectivity index (χ3n) is 9.32. The summed E-state index contributed by atoms with van der Waals surface area (Å²) in [7, 11) is -2.44. The Morgan fingerprint density at radius 1 is 0.723 bits per heavy atom. The molecular formula is C39H35Cl2N5Si. The number of halogens is 2. The van der Waals surface area contributed by atoms with E-state index in [0.717, 1.165) is 51.1 Å². The summed E-state index contributed by atoms with van der Waals surface area (Å²) >= 11 is 13.7. The second kappa shape index (κ2) is 12.6. The van der Waals surface area contributed by atoms with Crippen molar-refractivity contribution in [3.05, 3.63) is 143 Å². The van der Waals surface area contributed by atoms with E-state index >= 15 is 0 Å². The van der Waals surface area contributed by atoms with Crippen molar-refractivity contribution in [2.45, 2.75) is 38.3 Å². The number of hydrogen-bond acceptors (Lipinski definition) is 4. The van der Waals surface area contributed by atoms with Gasteiger partial charge < -0.3 is 0 Å². The monoisotopic (exact) mass is 671 g/mol. The Hall–Kier alpha value is -4.49. The molecule has 0 radical (unpaired) electrons. The van der Waals surface area contributed by atoms with Crippen LogP contribution in [0.1, 0.15) is 26.3 Å². The number of fused-ring (bicyclic) bond motifs is 2. The van der Waals surface area contributed by atoms with E-state index in [1.165, 1.54) is 10.4 Å². The predicted octanol–water partition coefficient (Wildman–Crippen LogP) is 9.43. The molecule has 5 nitrogen and oxygen atoms in total. The first-order valence-electron chi connectivity index (χ1n) is 15.8. The third-order valence-corrected chi connectivity index (χ3v) is 16.1. The lowest BCUT2D eigenvalue weighted by Crippen LogP contribution is -2.64. The van der Waals surface area contributed by atoms with Crippen molar-refractivity contribution in [3.63, 3.8) is 0 Å². The zero-order valence-corrected chi connectivity index (χ0v) is 29.1. The van der Waals surface area contributed by atoms with E-state index in [-0.39, 0.29) is 5.04 Å². The summed E-state index contributed by atoms with van der Waals surface area (Å²) in [6.45, 7) is 7.19. The number of benzene rings is 5. The molecule has 0 aliphatic heterocycles. The molecule has 0 aliphatic carbocycles. The molecule has 1 N–H and O–H groups in total. The molecule has 0 unspecified atom stereocenters. The number of nitrogens with zero attached hydrogens (tertiary/aromatic N) is 4. The van der Waals surface area contributed by atoms with Crippen molar-refractivity contribution >= 4 is 69.4 Å². The van der Waals surface area contributed by atoms with E-state index in [2.05, 4.69) is 103 Å². The van der Waals surface area contributed by atoms with Crippen LogP contribution in [0.3, 0.4) is 0 Å². The van der Waals surface area contributed by atoms with Crippen molar-refractivity contribution in [1.29, 1.82) is 0 Å². The standard InChI is InChI=1S/C39H35Cl2N5Si/c1-39(2,3)47(28-14-6-4-7-15-28,29-16-8-5-9-17-29)25-24-31-37(30-18-10-11-19-33(30)41)32-26-27(40)22-23-34(32)42-38(31)44-46-36-21-13-12-20-35(36)43-45-46/h4-23,26H,24-25H2,1-3H3,(H,42,44). The molecular weight excluding hydrogens is 637 g/mol. The molecule has 0 bridgehead atoms. The average molecular weight is 673 g/mol. The van der Waals surface area contributed by atoms with Gasteiger partial charge in [0.05, 0.1) is 5.52 Å². The molecule has 2 aromatic heterocycles. The minimum atomic E-state index is -2.44. The molecule has 0 atom stereocenters. The maximum Gasteiger partial charge on any atom is 0.150 e. The maximum absolute atomic E-state index is 7.01. The molecule has 8 heteroatoms. The van der Waals surface area contributed by atoms with Gasteiger partial charge >= 0.3 is 0 Å². The third kappa shape index (κ3) is 5.71. The van der Waals surface area contributed by atoms with E-state index in [4.69, 9.17) is 28.2 Å². The summed E-state index contributed by atoms with van der Waals surface area (Å²) in [5.74, 6) is 0.711. The normalized spacial score (nSPS) is 12.1. The van der Waals surface area contributed by atoms with Crippen LogP contribution in [0, 0.1) is 0 Å². The lowest BCUT2D eigenvalue weighted by atomic mass is 9.94. The molecule has 7 rings (SSSR count). The van der Waals surface area contributed by atoms with Crippen molar-refractivity contribution in [1.82, 2.24) is 20.1 Å².